The zero-order chi connectivity index (χ0) is 47.6. The van der Waals surface area contributed by atoms with E-state index in [1.807, 2.05) is 6.20 Å². The third-order valence-corrected chi connectivity index (χ3v) is 14.1. The van der Waals surface area contributed by atoms with Gasteiger partial charge in [-0.1, -0.05) is 197 Å². The number of rotatable bonds is 8. The molecule has 0 spiro atoms. The summed E-state index contributed by atoms with van der Waals surface area (Å²) in [5.74, 6) is 0.906. The van der Waals surface area contributed by atoms with Gasteiger partial charge in [0.1, 0.15) is 5.82 Å². The molecule has 0 unspecified atom stereocenters. The Morgan fingerprint density at radius 1 is 0.437 bits per heavy atom. The Morgan fingerprint density at radius 2 is 0.986 bits per heavy atom. The SMILES string of the molecule is CC(C)(C)c1ccnc(-n2c3ccccc3c3ccc(N(c4ccccc4)c4cccc(-n5[c-][n+](-c6c(-c7cccc8ccccc78)cccc6-c6cccc7ccccc67)c6ccccc65)c4)cc32)c1. The van der Waals surface area contributed by atoms with E-state index in [4.69, 9.17) is 4.98 Å². The first-order valence-corrected chi connectivity index (χ1v) is 24.4. The van der Waals surface area contributed by atoms with Crippen LogP contribution in [0.5, 0.6) is 0 Å². The van der Waals surface area contributed by atoms with Crippen LogP contribution < -0.4 is 9.47 Å². The lowest BCUT2D eigenvalue weighted by atomic mass is 9.88. The molecule has 0 aliphatic rings. The van der Waals surface area contributed by atoms with E-state index in [9.17, 15) is 0 Å². The molecule has 3 aromatic heterocycles. The summed E-state index contributed by atoms with van der Waals surface area (Å²) >= 11 is 0. The molecule has 338 valence electrons. The fourth-order valence-electron chi connectivity index (χ4n) is 10.7. The van der Waals surface area contributed by atoms with Crippen LogP contribution in [0.15, 0.2) is 243 Å². The molecule has 0 bridgehead atoms. The second-order valence-corrected chi connectivity index (χ2v) is 19.4. The van der Waals surface area contributed by atoms with Gasteiger partial charge >= 0.3 is 0 Å². The van der Waals surface area contributed by atoms with Gasteiger partial charge in [0.05, 0.1) is 33.4 Å². The van der Waals surface area contributed by atoms with Gasteiger partial charge in [0.2, 0.25) is 0 Å². The number of fused-ring (bicyclic) bond motifs is 6. The van der Waals surface area contributed by atoms with Crippen molar-refractivity contribution in [2.75, 3.05) is 4.90 Å². The van der Waals surface area contributed by atoms with Gasteiger partial charge in [-0.15, -0.1) is 0 Å². The Labute approximate surface area is 413 Å². The van der Waals surface area contributed by atoms with E-state index in [2.05, 4.69) is 282 Å². The lowest BCUT2D eigenvalue weighted by molar-refractivity contribution is -0.571. The van der Waals surface area contributed by atoms with Crippen LogP contribution in [-0.4, -0.2) is 14.1 Å². The van der Waals surface area contributed by atoms with E-state index < -0.39 is 0 Å². The van der Waals surface area contributed by atoms with Gasteiger partial charge in [0.15, 0.2) is 0 Å². The van der Waals surface area contributed by atoms with Crippen LogP contribution in [0.2, 0.25) is 0 Å². The number of hydrogen-bond acceptors (Lipinski definition) is 2. The number of imidazole rings is 1. The smallest absolute Gasteiger partial charge is 0.269 e. The van der Waals surface area contributed by atoms with Gasteiger partial charge in [0, 0.05) is 34.0 Å². The summed E-state index contributed by atoms with van der Waals surface area (Å²) in [6.45, 7) is 6.76. The fraction of sp³-hybridized carbons (Fsp3) is 0.0606. The predicted molar refractivity (Wildman–Crippen MR) is 295 cm³/mol. The lowest BCUT2D eigenvalue weighted by Crippen LogP contribution is -2.31. The van der Waals surface area contributed by atoms with Gasteiger partial charge < -0.3 is 4.90 Å². The zero-order valence-electron chi connectivity index (χ0n) is 39.8. The third-order valence-electron chi connectivity index (χ3n) is 14.1. The van der Waals surface area contributed by atoms with Crippen molar-refractivity contribution in [3.63, 3.8) is 0 Å². The highest BCUT2D eigenvalue weighted by Crippen LogP contribution is 2.42. The summed E-state index contributed by atoms with van der Waals surface area (Å²) in [7, 11) is 0. The summed E-state index contributed by atoms with van der Waals surface area (Å²) < 4.78 is 6.84. The molecule has 0 amide bonds. The van der Waals surface area contributed by atoms with E-state index in [-0.39, 0.29) is 5.41 Å². The van der Waals surface area contributed by atoms with Crippen molar-refractivity contribution in [1.82, 2.24) is 14.1 Å². The summed E-state index contributed by atoms with van der Waals surface area (Å²) in [6.07, 6.45) is 5.91. The van der Waals surface area contributed by atoms with Gasteiger partial charge in [-0.25, -0.2) is 4.98 Å². The van der Waals surface area contributed by atoms with Gasteiger partial charge in [-0.2, -0.15) is 0 Å². The van der Waals surface area contributed by atoms with Crippen molar-refractivity contribution in [1.29, 1.82) is 0 Å². The van der Waals surface area contributed by atoms with Crippen LogP contribution >= 0.6 is 0 Å². The molecule has 0 aliphatic heterocycles. The molecule has 0 fully saturated rings. The monoisotopic (exact) mass is 911 g/mol. The number of hydrogen-bond donors (Lipinski definition) is 0. The topological polar surface area (TPSA) is 29.9 Å². The van der Waals surface area contributed by atoms with Crippen LogP contribution in [-0.2, 0) is 5.41 Å². The number of pyridine rings is 1. The van der Waals surface area contributed by atoms with Gasteiger partial charge in [-0.3, -0.25) is 13.7 Å². The minimum absolute atomic E-state index is 0.0300. The lowest BCUT2D eigenvalue weighted by Gasteiger charge is -2.26. The highest BCUT2D eigenvalue weighted by Gasteiger charge is 2.24. The fourth-order valence-corrected chi connectivity index (χ4v) is 10.7. The highest BCUT2D eigenvalue weighted by atomic mass is 15.2. The Bertz CT molecular complexity index is 4060. The number of aromatic nitrogens is 4. The van der Waals surface area contributed by atoms with Crippen LogP contribution in [0, 0.1) is 6.33 Å². The molecule has 5 nitrogen and oxygen atoms in total. The molecule has 13 aromatic rings. The molecule has 5 heteroatoms. The number of anilines is 3. The van der Waals surface area contributed by atoms with Crippen LogP contribution in [0.1, 0.15) is 26.3 Å². The first-order chi connectivity index (χ1) is 34.9. The van der Waals surface area contributed by atoms with E-state index in [1.54, 1.807) is 0 Å². The van der Waals surface area contributed by atoms with Crippen molar-refractivity contribution in [2.24, 2.45) is 0 Å². The van der Waals surface area contributed by atoms with Crippen LogP contribution in [0.4, 0.5) is 17.1 Å². The molecule has 0 N–H and O–H groups in total. The Kier molecular flexibility index (Phi) is 9.99. The van der Waals surface area contributed by atoms with E-state index in [0.717, 1.165) is 67.4 Å². The van der Waals surface area contributed by atoms with E-state index >= 15 is 0 Å². The second-order valence-electron chi connectivity index (χ2n) is 19.4. The first-order valence-electron chi connectivity index (χ1n) is 24.4. The van der Waals surface area contributed by atoms with Crippen molar-refractivity contribution < 1.29 is 4.57 Å². The van der Waals surface area contributed by atoms with Gasteiger partial charge in [0.25, 0.3) is 6.33 Å². The molecule has 10 aromatic carbocycles. The molecule has 0 saturated heterocycles. The highest BCUT2D eigenvalue weighted by molar-refractivity contribution is 6.10. The number of benzene rings is 10. The van der Waals surface area contributed by atoms with Crippen molar-refractivity contribution in [2.45, 2.75) is 26.2 Å². The summed E-state index contributed by atoms with van der Waals surface area (Å²) in [5.41, 5.74) is 15.3. The number of para-hydroxylation sites is 5. The maximum absolute atomic E-state index is 4.99. The van der Waals surface area contributed by atoms with E-state index in [0.29, 0.717) is 0 Å². The minimum atomic E-state index is -0.0300. The summed E-state index contributed by atoms with van der Waals surface area (Å²) in [6, 6.07) is 85.5. The Hall–Kier alpha value is -9.06. The van der Waals surface area contributed by atoms with Crippen molar-refractivity contribution in [3.8, 4) is 39.4 Å². The maximum Gasteiger partial charge on any atom is 0.269 e. The Balaban J connectivity index is 1.02. The standard InChI is InChI=1S/C66H49N5/c1-66(2,3)47-39-40-67-64(41-47)71-60-34-12-11-29-56(60)57-38-37-51(43-63(57)71)70(48-23-5-4-6-24-48)50-26-17-25-49(42-50)68-44-69(62-36-14-13-35-61(62)68)65-58(54-30-15-21-45-19-7-9-27-52(45)54)32-18-33-59(65)55-31-16-22-46-20-8-10-28-53(46)55/h4-43H,1-3H3. The van der Waals surface area contributed by atoms with Crippen molar-refractivity contribution in [3.05, 3.63) is 255 Å². The Morgan fingerprint density at radius 3 is 1.70 bits per heavy atom. The molecule has 0 saturated carbocycles. The normalized spacial score (nSPS) is 11.9. The molecule has 0 radical (unpaired) electrons. The average Bonchev–Trinajstić information content (AvgIpc) is 3.97. The quantitative estimate of drug-likeness (QED) is 0.112. The summed E-state index contributed by atoms with van der Waals surface area (Å²) in [4.78, 5) is 7.35. The molecule has 13 rings (SSSR count). The third kappa shape index (κ3) is 7.16. The molecule has 0 atom stereocenters. The molecule has 3 heterocycles. The zero-order valence-corrected chi connectivity index (χ0v) is 39.8. The van der Waals surface area contributed by atoms with Crippen molar-refractivity contribution >= 4 is 71.4 Å². The average molecular weight is 912 g/mol. The molecular weight excluding hydrogens is 863 g/mol. The second kappa shape index (κ2) is 16.9. The van der Waals surface area contributed by atoms with Gasteiger partial charge in [-0.05, 0) is 115 Å². The summed E-state index contributed by atoms with van der Waals surface area (Å²) in [5, 5.41) is 7.19. The molecular formula is C66H49N5. The van der Waals surface area contributed by atoms with Crippen LogP contribution in [0.3, 0.4) is 0 Å². The van der Waals surface area contributed by atoms with E-state index in [1.165, 1.54) is 49.0 Å². The minimum Gasteiger partial charge on any atom is -0.311 e. The predicted octanol–water partition coefficient (Wildman–Crippen LogP) is 16.6. The molecule has 0 aliphatic carbocycles. The molecule has 71 heavy (non-hydrogen) atoms. The number of nitrogens with zero attached hydrogens (tertiary/aromatic N) is 5. The largest absolute Gasteiger partial charge is 0.311 e. The maximum atomic E-state index is 4.99. The first kappa shape index (κ1) is 42.1. The van der Waals surface area contributed by atoms with Crippen LogP contribution in [0.25, 0.3) is 93.8 Å².